The Bertz CT molecular complexity index is 1030. The van der Waals surface area contributed by atoms with E-state index in [1.807, 2.05) is 47.5 Å². The summed E-state index contributed by atoms with van der Waals surface area (Å²) in [6, 6.07) is 22.2. The normalized spacial score (nSPS) is 20.5. The Morgan fingerprint density at radius 1 is 1.00 bits per heavy atom. The zero-order chi connectivity index (χ0) is 18.4. The lowest BCUT2D eigenvalue weighted by molar-refractivity contribution is -0.0190. The molecule has 5 heteroatoms. The van der Waals surface area contributed by atoms with Crippen LogP contribution in [0.2, 0.25) is 5.02 Å². The summed E-state index contributed by atoms with van der Waals surface area (Å²) in [5.41, 5.74) is 3.91. The van der Waals surface area contributed by atoms with Gasteiger partial charge in [-0.1, -0.05) is 54.1 Å². The molecule has 3 nitrogen and oxygen atoms in total. The van der Waals surface area contributed by atoms with Crippen molar-refractivity contribution in [2.75, 3.05) is 0 Å². The fraction of sp³-hybridized carbons (Fsp3) is 0.136. The number of nitrogens with zero attached hydrogens (tertiary/aromatic N) is 2. The number of fused-ring (bicyclic) bond motifs is 3. The second-order valence-corrected chi connectivity index (χ2v) is 7.15. The van der Waals surface area contributed by atoms with Crippen molar-refractivity contribution in [2.24, 2.45) is 5.10 Å². The first kappa shape index (κ1) is 16.3. The van der Waals surface area contributed by atoms with Crippen LogP contribution in [0, 0.1) is 5.82 Å². The van der Waals surface area contributed by atoms with Gasteiger partial charge in [-0.3, -0.25) is 0 Å². The van der Waals surface area contributed by atoms with Crippen LogP contribution in [0.3, 0.4) is 0 Å². The summed E-state index contributed by atoms with van der Waals surface area (Å²) in [5, 5.41) is 7.51. The maximum absolute atomic E-state index is 13.3. The van der Waals surface area contributed by atoms with E-state index < -0.39 is 0 Å². The zero-order valence-electron chi connectivity index (χ0n) is 14.3. The minimum atomic E-state index is -0.360. The third-order valence-electron chi connectivity index (χ3n) is 5.01. The average molecular weight is 379 g/mol. The van der Waals surface area contributed by atoms with E-state index in [0.29, 0.717) is 5.02 Å². The van der Waals surface area contributed by atoms with Crippen LogP contribution < -0.4 is 4.74 Å². The van der Waals surface area contributed by atoms with Gasteiger partial charge in [-0.05, 0) is 35.9 Å². The number of hydrogen-bond acceptors (Lipinski definition) is 3. The minimum absolute atomic E-state index is 0.0685. The number of hydrazone groups is 1. The standard InChI is InChI=1S/C22H16ClFN2O/c23-16-5-3-4-15(12-16)22-26-20(18-6-1-2-7-21(18)27-22)13-19(25-26)14-8-10-17(24)11-9-14/h1-12,20,22H,13H2/t20-,22+/m1/s1. The van der Waals surface area contributed by atoms with Crippen molar-refractivity contribution in [3.63, 3.8) is 0 Å². The van der Waals surface area contributed by atoms with Gasteiger partial charge in [0.2, 0.25) is 6.23 Å². The second kappa shape index (κ2) is 6.39. The van der Waals surface area contributed by atoms with Gasteiger partial charge in [0.15, 0.2) is 0 Å². The molecule has 0 radical (unpaired) electrons. The molecule has 0 bridgehead atoms. The summed E-state index contributed by atoms with van der Waals surface area (Å²) >= 11 is 6.20. The summed E-state index contributed by atoms with van der Waals surface area (Å²) in [7, 11) is 0. The molecule has 134 valence electrons. The Labute approximate surface area is 161 Å². The molecule has 0 spiro atoms. The van der Waals surface area contributed by atoms with E-state index in [4.69, 9.17) is 21.4 Å². The van der Waals surface area contributed by atoms with Gasteiger partial charge in [0.05, 0.1) is 11.8 Å². The molecule has 0 aromatic heterocycles. The van der Waals surface area contributed by atoms with Crippen LogP contribution in [0.15, 0.2) is 77.9 Å². The molecule has 2 heterocycles. The van der Waals surface area contributed by atoms with Crippen LogP contribution in [-0.4, -0.2) is 10.7 Å². The number of halogens is 2. The molecular formula is C22H16ClFN2O. The zero-order valence-corrected chi connectivity index (χ0v) is 15.1. The van der Waals surface area contributed by atoms with Crippen LogP contribution in [0.25, 0.3) is 0 Å². The van der Waals surface area contributed by atoms with E-state index in [1.165, 1.54) is 12.1 Å². The van der Waals surface area contributed by atoms with Crippen molar-refractivity contribution < 1.29 is 9.13 Å². The van der Waals surface area contributed by atoms with E-state index in [0.717, 1.165) is 34.6 Å². The number of ether oxygens (including phenoxy) is 1. The van der Waals surface area contributed by atoms with Crippen molar-refractivity contribution in [3.8, 4) is 5.75 Å². The van der Waals surface area contributed by atoms with Crippen LogP contribution in [0.4, 0.5) is 4.39 Å². The molecular weight excluding hydrogens is 363 g/mol. The third-order valence-corrected chi connectivity index (χ3v) is 5.25. The van der Waals surface area contributed by atoms with Gasteiger partial charge in [-0.15, -0.1) is 0 Å². The molecule has 0 saturated carbocycles. The van der Waals surface area contributed by atoms with Crippen molar-refractivity contribution in [2.45, 2.75) is 18.7 Å². The molecule has 5 rings (SSSR count). The monoisotopic (exact) mass is 378 g/mol. The van der Waals surface area contributed by atoms with E-state index in [9.17, 15) is 4.39 Å². The SMILES string of the molecule is Fc1ccc(C2=NN3[C@H](C2)c2ccccc2O[C@H]3c2cccc(Cl)c2)cc1. The maximum atomic E-state index is 13.3. The molecule has 0 fully saturated rings. The lowest BCUT2D eigenvalue weighted by Crippen LogP contribution is -2.33. The summed E-state index contributed by atoms with van der Waals surface area (Å²) in [4.78, 5) is 0. The predicted octanol–water partition coefficient (Wildman–Crippen LogP) is 5.72. The van der Waals surface area contributed by atoms with Gasteiger partial charge in [-0.25, -0.2) is 9.40 Å². The quantitative estimate of drug-likeness (QED) is 0.569. The first-order chi connectivity index (χ1) is 13.2. The van der Waals surface area contributed by atoms with Gasteiger partial charge in [0, 0.05) is 22.6 Å². The van der Waals surface area contributed by atoms with Crippen molar-refractivity contribution in [1.82, 2.24) is 5.01 Å². The fourth-order valence-corrected chi connectivity index (χ4v) is 3.93. The summed E-state index contributed by atoms with van der Waals surface area (Å²) in [5.74, 6) is 0.611. The fourth-order valence-electron chi connectivity index (χ4n) is 3.73. The minimum Gasteiger partial charge on any atom is -0.464 e. The molecule has 0 unspecified atom stereocenters. The highest BCUT2D eigenvalue weighted by Gasteiger charge is 2.40. The number of hydrogen-bond donors (Lipinski definition) is 0. The number of rotatable bonds is 2. The Balaban J connectivity index is 1.60. The van der Waals surface area contributed by atoms with Crippen molar-refractivity contribution in [3.05, 3.63) is 100 Å². The Morgan fingerprint density at radius 2 is 1.81 bits per heavy atom. The number of para-hydroxylation sites is 1. The van der Waals surface area contributed by atoms with E-state index in [2.05, 4.69) is 6.07 Å². The van der Waals surface area contributed by atoms with E-state index >= 15 is 0 Å². The molecule has 2 aliphatic rings. The topological polar surface area (TPSA) is 24.8 Å². The van der Waals surface area contributed by atoms with E-state index in [-0.39, 0.29) is 18.1 Å². The van der Waals surface area contributed by atoms with Crippen LogP contribution in [0.1, 0.15) is 35.4 Å². The second-order valence-electron chi connectivity index (χ2n) is 6.72. The molecule has 3 aromatic rings. The maximum Gasteiger partial charge on any atom is 0.213 e. The van der Waals surface area contributed by atoms with Gasteiger partial charge in [0.1, 0.15) is 11.6 Å². The summed E-state index contributed by atoms with van der Waals surface area (Å²) < 4.78 is 19.6. The van der Waals surface area contributed by atoms with E-state index in [1.54, 1.807) is 12.1 Å². The van der Waals surface area contributed by atoms with Gasteiger partial charge in [0.25, 0.3) is 0 Å². The average Bonchev–Trinajstić information content (AvgIpc) is 3.13. The predicted molar refractivity (Wildman–Crippen MR) is 103 cm³/mol. The lowest BCUT2D eigenvalue weighted by atomic mass is 9.96. The Morgan fingerprint density at radius 3 is 2.63 bits per heavy atom. The van der Waals surface area contributed by atoms with Crippen LogP contribution in [-0.2, 0) is 0 Å². The van der Waals surface area contributed by atoms with Gasteiger partial charge in [-0.2, -0.15) is 5.10 Å². The van der Waals surface area contributed by atoms with Gasteiger partial charge >= 0.3 is 0 Å². The molecule has 2 atom stereocenters. The Kier molecular flexibility index (Phi) is 3.87. The van der Waals surface area contributed by atoms with Crippen molar-refractivity contribution >= 4 is 17.3 Å². The molecule has 0 aliphatic carbocycles. The molecule has 3 aromatic carbocycles. The molecule has 0 saturated heterocycles. The molecule has 2 aliphatic heterocycles. The Hall–Kier alpha value is -2.85. The van der Waals surface area contributed by atoms with Crippen LogP contribution in [0.5, 0.6) is 5.75 Å². The lowest BCUT2D eigenvalue weighted by Gasteiger charge is -2.38. The highest BCUT2D eigenvalue weighted by Crippen LogP contribution is 2.47. The largest absolute Gasteiger partial charge is 0.464 e. The van der Waals surface area contributed by atoms with Crippen LogP contribution >= 0.6 is 11.6 Å². The summed E-state index contributed by atoms with van der Waals surface area (Å²) in [6.07, 6.45) is 0.379. The molecule has 0 amide bonds. The first-order valence-electron chi connectivity index (χ1n) is 8.82. The molecule has 0 N–H and O–H groups in total. The highest BCUT2D eigenvalue weighted by atomic mass is 35.5. The summed E-state index contributed by atoms with van der Waals surface area (Å²) in [6.45, 7) is 0. The van der Waals surface area contributed by atoms with Crippen molar-refractivity contribution in [1.29, 1.82) is 0 Å². The number of benzene rings is 3. The molecule has 27 heavy (non-hydrogen) atoms. The smallest absolute Gasteiger partial charge is 0.213 e. The van der Waals surface area contributed by atoms with Gasteiger partial charge < -0.3 is 4.74 Å². The highest BCUT2D eigenvalue weighted by molar-refractivity contribution is 6.30. The first-order valence-corrected chi connectivity index (χ1v) is 9.19. The third kappa shape index (κ3) is 2.86.